The van der Waals surface area contributed by atoms with Gasteiger partial charge in [0.1, 0.15) is 11.3 Å². The van der Waals surface area contributed by atoms with Crippen molar-refractivity contribution >= 4 is 22.9 Å². The average molecular weight is 386 g/mol. The smallest absolute Gasteiger partial charge is 0.319 e. The Hall–Kier alpha value is -3.74. The highest BCUT2D eigenvalue weighted by Gasteiger charge is 2.13. The van der Waals surface area contributed by atoms with Crippen LogP contribution in [0.2, 0.25) is 0 Å². The normalized spacial score (nSPS) is 10.8. The Morgan fingerprint density at radius 3 is 2.55 bits per heavy atom. The SMILES string of the molecule is Cc1cc(C)cc(NC(=O)NCCn2c(-c3ccncc3)nc3cccnc32)c1. The highest BCUT2D eigenvalue weighted by molar-refractivity contribution is 5.89. The monoisotopic (exact) mass is 386 g/mol. The summed E-state index contributed by atoms with van der Waals surface area (Å²) in [7, 11) is 0. The zero-order valence-corrected chi connectivity index (χ0v) is 16.4. The fourth-order valence-corrected chi connectivity index (χ4v) is 3.40. The lowest BCUT2D eigenvalue weighted by atomic mass is 10.1. The Labute approximate surface area is 168 Å². The molecular weight excluding hydrogens is 364 g/mol. The molecule has 7 nitrogen and oxygen atoms in total. The van der Waals surface area contributed by atoms with Crippen LogP contribution >= 0.6 is 0 Å². The molecule has 7 heteroatoms. The van der Waals surface area contributed by atoms with Crippen molar-refractivity contribution in [1.29, 1.82) is 0 Å². The van der Waals surface area contributed by atoms with E-state index in [9.17, 15) is 4.79 Å². The highest BCUT2D eigenvalue weighted by atomic mass is 16.2. The van der Waals surface area contributed by atoms with Gasteiger partial charge < -0.3 is 15.2 Å². The lowest BCUT2D eigenvalue weighted by Crippen LogP contribution is -2.31. The van der Waals surface area contributed by atoms with Gasteiger partial charge in [-0.3, -0.25) is 4.98 Å². The van der Waals surface area contributed by atoms with E-state index in [1.807, 2.05) is 54.8 Å². The molecule has 2 N–H and O–H groups in total. The number of anilines is 1. The van der Waals surface area contributed by atoms with Gasteiger partial charge in [0.05, 0.1) is 0 Å². The van der Waals surface area contributed by atoms with Crippen molar-refractivity contribution in [1.82, 2.24) is 24.8 Å². The second kappa shape index (κ2) is 8.10. The minimum absolute atomic E-state index is 0.238. The lowest BCUT2D eigenvalue weighted by molar-refractivity contribution is 0.251. The number of carbonyl (C=O) groups is 1. The van der Waals surface area contributed by atoms with Gasteiger partial charge in [0.2, 0.25) is 0 Å². The van der Waals surface area contributed by atoms with Crippen LogP contribution in [0, 0.1) is 13.8 Å². The molecule has 0 bridgehead atoms. The second-order valence-corrected chi connectivity index (χ2v) is 6.93. The Bertz CT molecular complexity index is 1130. The van der Waals surface area contributed by atoms with Gasteiger partial charge in [0, 0.05) is 42.9 Å². The number of pyridine rings is 2. The molecule has 0 saturated heterocycles. The third-order valence-electron chi connectivity index (χ3n) is 4.54. The van der Waals surface area contributed by atoms with Crippen molar-refractivity contribution in [3.05, 3.63) is 72.2 Å². The fourth-order valence-electron chi connectivity index (χ4n) is 3.40. The number of urea groups is 1. The first-order valence-electron chi connectivity index (χ1n) is 9.45. The topological polar surface area (TPSA) is 84.7 Å². The Kier molecular flexibility index (Phi) is 5.20. The van der Waals surface area contributed by atoms with E-state index in [1.54, 1.807) is 18.6 Å². The van der Waals surface area contributed by atoms with E-state index < -0.39 is 0 Å². The Morgan fingerprint density at radius 2 is 1.79 bits per heavy atom. The largest absolute Gasteiger partial charge is 0.336 e. The van der Waals surface area contributed by atoms with Gasteiger partial charge in [-0.15, -0.1) is 0 Å². The summed E-state index contributed by atoms with van der Waals surface area (Å²) >= 11 is 0. The van der Waals surface area contributed by atoms with Gasteiger partial charge in [-0.05, 0) is 61.4 Å². The first-order chi connectivity index (χ1) is 14.1. The zero-order valence-electron chi connectivity index (χ0n) is 16.4. The van der Waals surface area contributed by atoms with Crippen molar-refractivity contribution in [2.24, 2.45) is 0 Å². The lowest BCUT2D eigenvalue weighted by Gasteiger charge is -2.11. The van der Waals surface area contributed by atoms with E-state index in [1.165, 1.54) is 0 Å². The van der Waals surface area contributed by atoms with E-state index in [0.717, 1.165) is 39.4 Å². The molecule has 0 fully saturated rings. The van der Waals surface area contributed by atoms with E-state index in [4.69, 9.17) is 4.98 Å². The Morgan fingerprint density at radius 1 is 1.03 bits per heavy atom. The first kappa shape index (κ1) is 18.6. The maximum atomic E-state index is 12.3. The summed E-state index contributed by atoms with van der Waals surface area (Å²) < 4.78 is 2.02. The minimum atomic E-state index is -0.238. The predicted octanol–water partition coefficient (Wildman–Crippen LogP) is 3.93. The van der Waals surface area contributed by atoms with Gasteiger partial charge in [0.15, 0.2) is 5.65 Å². The molecule has 1 aromatic carbocycles. The van der Waals surface area contributed by atoms with Crippen molar-refractivity contribution in [2.45, 2.75) is 20.4 Å². The van der Waals surface area contributed by atoms with Gasteiger partial charge in [-0.25, -0.2) is 14.8 Å². The number of hydrogen-bond donors (Lipinski definition) is 2. The molecule has 3 heterocycles. The van der Waals surface area contributed by atoms with Crippen LogP contribution in [0.25, 0.3) is 22.6 Å². The summed E-state index contributed by atoms with van der Waals surface area (Å²) in [5.41, 5.74) is 5.57. The van der Waals surface area contributed by atoms with E-state index in [-0.39, 0.29) is 6.03 Å². The molecule has 0 spiro atoms. The molecule has 4 rings (SSSR count). The summed E-state index contributed by atoms with van der Waals surface area (Å²) in [5.74, 6) is 0.803. The number of rotatable bonds is 5. The zero-order chi connectivity index (χ0) is 20.2. The third kappa shape index (κ3) is 4.24. The summed E-state index contributed by atoms with van der Waals surface area (Å²) in [5, 5.41) is 5.80. The average Bonchev–Trinajstić information content (AvgIpc) is 3.07. The number of aryl methyl sites for hydroxylation is 2. The maximum absolute atomic E-state index is 12.3. The third-order valence-corrected chi connectivity index (χ3v) is 4.54. The Balaban J connectivity index is 1.49. The number of nitrogens with one attached hydrogen (secondary N) is 2. The van der Waals surface area contributed by atoms with Crippen LogP contribution in [0.15, 0.2) is 61.1 Å². The van der Waals surface area contributed by atoms with E-state index >= 15 is 0 Å². The predicted molar refractivity (Wildman–Crippen MR) is 114 cm³/mol. The molecule has 0 atom stereocenters. The molecule has 0 saturated carbocycles. The van der Waals surface area contributed by atoms with Crippen LogP contribution in [0.4, 0.5) is 10.5 Å². The van der Waals surface area contributed by atoms with Crippen LogP contribution in [0.5, 0.6) is 0 Å². The molecule has 4 aromatic rings. The molecule has 0 aliphatic heterocycles. The van der Waals surface area contributed by atoms with Gasteiger partial charge in [-0.2, -0.15) is 0 Å². The number of hydrogen-bond acceptors (Lipinski definition) is 4. The number of nitrogens with zero attached hydrogens (tertiary/aromatic N) is 4. The molecule has 146 valence electrons. The summed E-state index contributed by atoms with van der Waals surface area (Å²) in [6, 6.07) is 13.4. The maximum Gasteiger partial charge on any atom is 0.319 e. The number of imidazole rings is 1. The van der Waals surface area contributed by atoms with Gasteiger partial charge >= 0.3 is 6.03 Å². The molecule has 3 aromatic heterocycles. The number of fused-ring (bicyclic) bond motifs is 1. The number of carbonyl (C=O) groups excluding carboxylic acids is 1. The molecule has 0 radical (unpaired) electrons. The first-order valence-corrected chi connectivity index (χ1v) is 9.45. The minimum Gasteiger partial charge on any atom is -0.336 e. The van der Waals surface area contributed by atoms with Gasteiger partial charge in [0.25, 0.3) is 0 Å². The summed E-state index contributed by atoms with van der Waals surface area (Å²) in [4.78, 5) is 25.6. The van der Waals surface area contributed by atoms with Crippen molar-refractivity contribution in [3.8, 4) is 11.4 Å². The van der Waals surface area contributed by atoms with Crippen LogP contribution in [-0.2, 0) is 6.54 Å². The number of amides is 2. The summed E-state index contributed by atoms with van der Waals surface area (Å²) in [6.07, 6.45) is 5.22. The number of aromatic nitrogens is 4. The molecule has 29 heavy (non-hydrogen) atoms. The molecule has 2 amide bonds. The van der Waals surface area contributed by atoms with E-state index in [2.05, 4.69) is 26.7 Å². The van der Waals surface area contributed by atoms with Crippen LogP contribution < -0.4 is 10.6 Å². The molecule has 0 unspecified atom stereocenters. The van der Waals surface area contributed by atoms with Crippen molar-refractivity contribution < 1.29 is 4.79 Å². The second-order valence-electron chi connectivity index (χ2n) is 6.93. The highest BCUT2D eigenvalue weighted by Crippen LogP contribution is 2.22. The van der Waals surface area contributed by atoms with Crippen molar-refractivity contribution in [2.75, 3.05) is 11.9 Å². The number of benzene rings is 1. The molecule has 0 aliphatic rings. The van der Waals surface area contributed by atoms with Crippen molar-refractivity contribution in [3.63, 3.8) is 0 Å². The summed E-state index contributed by atoms with van der Waals surface area (Å²) in [6.45, 7) is 5.00. The van der Waals surface area contributed by atoms with Crippen LogP contribution in [-0.4, -0.2) is 32.1 Å². The van der Waals surface area contributed by atoms with Gasteiger partial charge in [-0.1, -0.05) is 6.07 Å². The molecule has 0 aliphatic carbocycles. The standard InChI is InChI=1S/C22H22N6O/c1-15-12-16(2)14-18(13-15)26-22(29)25-10-11-28-20(17-5-8-23-9-6-17)27-19-4-3-7-24-21(19)28/h3-9,12-14H,10-11H2,1-2H3,(H2,25,26,29). The fraction of sp³-hybridized carbons (Fsp3) is 0.182. The van der Waals surface area contributed by atoms with Crippen LogP contribution in [0.1, 0.15) is 11.1 Å². The van der Waals surface area contributed by atoms with Crippen LogP contribution in [0.3, 0.4) is 0 Å². The quantitative estimate of drug-likeness (QED) is 0.544. The van der Waals surface area contributed by atoms with E-state index in [0.29, 0.717) is 13.1 Å². The molecular formula is C22H22N6O.